The molecular formula is C15H17N3O2S. The van der Waals surface area contributed by atoms with E-state index in [1.807, 2.05) is 29.6 Å². The SMILES string of the molecule is Nc1ccc(-c2csc(NC(=O)C3CCCOC3)n2)cc1. The summed E-state index contributed by atoms with van der Waals surface area (Å²) >= 11 is 1.43. The summed E-state index contributed by atoms with van der Waals surface area (Å²) in [6.45, 7) is 1.25. The molecule has 1 aliphatic heterocycles. The smallest absolute Gasteiger partial charge is 0.231 e. The van der Waals surface area contributed by atoms with Crippen molar-refractivity contribution >= 4 is 28.1 Å². The zero-order valence-corrected chi connectivity index (χ0v) is 12.4. The zero-order valence-electron chi connectivity index (χ0n) is 11.5. The molecule has 110 valence electrons. The molecule has 0 aliphatic carbocycles. The topological polar surface area (TPSA) is 77.2 Å². The van der Waals surface area contributed by atoms with E-state index < -0.39 is 0 Å². The molecular weight excluding hydrogens is 286 g/mol. The van der Waals surface area contributed by atoms with Crippen LogP contribution in [-0.2, 0) is 9.53 Å². The van der Waals surface area contributed by atoms with Crippen LogP contribution in [0.2, 0.25) is 0 Å². The Kier molecular flexibility index (Phi) is 4.17. The van der Waals surface area contributed by atoms with Crippen molar-refractivity contribution in [3.8, 4) is 11.3 Å². The molecule has 2 aromatic rings. The summed E-state index contributed by atoms with van der Waals surface area (Å²) in [6, 6.07) is 7.52. The number of aromatic nitrogens is 1. The number of ether oxygens (including phenoxy) is 1. The molecule has 2 heterocycles. The standard InChI is InChI=1S/C15H17N3O2S/c16-12-5-3-10(4-6-12)13-9-21-15(17-13)18-14(19)11-2-1-7-20-8-11/h3-6,9,11H,1-2,7-8,16H2,(H,17,18,19). The predicted octanol–water partition coefficient (Wildman–Crippen LogP) is 2.76. The second-order valence-corrected chi connectivity index (χ2v) is 5.92. The fraction of sp³-hybridized carbons (Fsp3) is 0.333. The first-order valence-corrected chi connectivity index (χ1v) is 7.80. The van der Waals surface area contributed by atoms with Gasteiger partial charge in [-0.2, -0.15) is 0 Å². The highest BCUT2D eigenvalue weighted by Gasteiger charge is 2.22. The lowest BCUT2D eigenvalue weighted by Gasteiger charge is -2.20. The predicted molar refractivity (Wildman–Crippen MR) is 84.1 cm³/mol. The minimum atomic E-state index is -0.0670. The van der Waals surface area contributed by atoms with E-state index in [2.05, 4.69) is 10.3 Å². The van der Waals surface area contributed by atoms with Gasteiger partial charge in [0.15, 0.2) is 5.13 Å². The van der Waals surface area contributed by atoms with Gasteiger partial charge in [0.1, 0.15) is 0 Å². The van der Waals surface area contributed by atoms with E-state index in [9.17, 15) is 4.79 Å². The fourth-order valence-corrected chi connectivity index (χ4v) is 3.00. The lowest BCUT2D eigenvalue weighted by Crippen LogP contribution is -2.30. The van der Waals surface area contributed by atoms with Gasteiger partial charge in [0, 0.05) is 23.2 Å². The molecule has 0 radical (unpaired) electrons. The Morgan fingerprint density at radius 2 is 2.19 bits per heavy atom. The number of nitrogens with zero attached hydrogens (tertiary/aromatic N) is 1. The number of benzene rings is 1. The molecule has 0 spiro atoms. The summed E-state index contributed by atoms with van der Waals surface area (Å²) in [5.41, 5.74) is 8.22. The number of hydrogen-bond acceptors (Lipinski definition) is 5. The van der Waals surface area contributed by atoms with E-state index in [-0.39, 0.29) is 11.8 Å². The van der Waals surface area contributed by atoms with E-state index in [1.165, 1.54) is 11.3 Å². The summed E-state index contributed by atoms with van der Waals surface area (Å²) in [6.07, 6.45) is 1.81. The number of nitrogen functional groups attached to an aromatic ring is 1. The number of carbonyl (C=O) groups excluding carboxylic acids is 1. The molecule has 0 bridgehead atoms. The number of thiazole rings is 1. The lowest BCUT2D eigenvalue weighted by atomic mass is 10.0. The number of nitrogens with two attached hydrogens (primary N) is 1. The molecule has 1 fully saturated rings. The van der Waals surface area contributed by atoms with Gasteiger partial charge in [-0.1, -0.05) is 12.1 Å². The maximum atomic E-state index is 12.1. The lowest BCUT2D eigenvalue weighted by molar-refractivity contribution is -0.123. The van der Waals surface area contributed by atoms with E-state index in [4.69, 9.17) is 10.5 Å². The molecule has 6 heteroatoms. The fourth-order valence-electron chi connectivity index (χ4n) is 2.27. The maximum absolute atomic E-state index is 12.1. The average molecular weight is 303 g/mol. The summed E-state index contributed by atoms with van der Waals surface area (Å²) in [7, 11) is 0. The van der Waals surface area contributed by atoms with Gasteiger partial charge in [-0.3, -0.25) is 4.79 Å². The first kappa shape index (κ1) is 14.0. The van der Waals surface area contributed by atoms with Crippen molar-refractivity contribution in [2.24, 2.45) is 5.92 Å². The van der Waals surface area contributed by atoms with Crippen LogP contribution in [0.1, 0.15) is 12.8 Å². The Labute approximate surface area is 127 Å². The van der Waals surface area contributed by atoms with Gasteiger partial charge in [0.25, 0.3) is 0 Å². The summed E-state index contributed by atoms with van der Waals surface area (Å²) in [5, 5.41) is 5.43. The van der Waals surface area contributed by atoms with Crippen LogP contribution >= 0.6 is 11.3 Å². The third-order valence-electron chi connectivity index (χ3n) is 3.47. The Morgan fingerprint density at radius 3 is 2.90 bits per heavy atom. The molecule has 1 saturated heterocycles. The highest BCUT2D eigenvalue weighted by Crippen LogP contribution is 2.26. The van der Waals surface area contributed by atoms with Crippen molar-refractivity contribution in [2.75, 3.05) is 24.3 Å². The maximum Gasteiger partial charge on any atom is 0.231 e. The van der Waals surface area contributed by atoms with E-state index in [1.54, 1.807) is 0 Å². The van der Waals surface area contributed by atoms with Crippen molar-refractivity contribution in [1.82, 2.24) is 4.98 Å². The van der Waals surface area contributed by atoms with Gasteiger partial charge in [-0.05, 0) is 25.0 Å². The molecule has 21 heavy (non-hydrogen) atoms. The van der Waals surface area contributed by atoms with Crippen LogP contribution in [0.5, 0.6) is 0 Å². The molecule has 1 unspecified atom stereocenters. The van der Waals surface area contributed by atoms with E-state index in [0.717, 1.165) is 36.4 Å². The monoisotopic (exact) mass is 303 g/mol. The zero-order chi connectivity index (χ0) is 14.7. The number of amides is 1. The van der Waals surface area contributed by atoms with Crippen LogP contribution in [0, 0.1) is 5.92 Å². The van der Waals surface area contributed by atoms with Crippen molar-refractivity contribution in [3.63, 3.8) is 0 Å². The summed E-state index contributed by atoms with van der Waals surface area (Å²) in [5.74, 6) is -0.0736. The minimum absolute atomic E-state index is 0.00657. The third kappa shape index (κ3) is 3.40. The van der Waals surface area contributed by atoms with Crippen molar-refractivity contribution in [3.05, 3.63) is 29.6 Å². The van der Waals surface area contributed by atoms with Crippen molar-refractivity contribution < 1.29 is 9.53 Å². The third-order valence-corrected chi connectivity index (χ3v) is 4.23. The number of rotatable bonds is 3. The Hall–Kier alpha value is -1.92. The molecule has 1 aliphatic rings. The second kappa shape index (κ2) is 6.24. The largest absolute Gasteiger partial charge is 0.399 e. The van der Waals surface area contributed by atoms with Crippen LogP contribution in [0.3, 0.4) is 0 Å². The number of anilines is 2. The normalized spacial score (nSPS) is 18.4. The first-order chi connectivity index (χ1) is 10.2. The number of nitrogens with one attached hydrogen (secondary N) is 1. The average Bonchev–Trinajstić information content (AvgIpc) is 2.97. The molecule has 1 amide bonds. The van der Waals surface area contributed by atoms with Gasteiger partial charge in [-0.25, -0.2) is 4.98 Å². The van der Waals surface area contributed by atoms with Gasteiger partial charge < -0.3 is 15.8 Å². The van der Waals surface area contributed by atoms with Crippen LogP contribution in [0.15, 0.2) is 29.6 Å². The molecule has 3 rings (SSSR count). The Morgan fingerprint density at radius 1 is 1.38 bits per heavy atom. The molecule has 1 aromatic carbocycles. The Bertz CT molecular complexity index is 618. The number of carbonyl (C=O) groups is 1. The molecule has 0 saturated carbocycles. The van der Waals surface area contributed by atoms with Crippen LogP contribution in [0.4, 0.5) is 10.8 Å². The first-order valence-electron chi connectivity index (χ1n) is 6.92. The van der Waals surface area contributed by atoms with Crippen molar-refractivity contribution in [1.29, 1.82) is 0 Å². The highest BCUT2D eigenvalue weighted by atomic mass is 32.1. The quantitative estimate of drug-likeness (QED) is 0.855. The van der Waals surface area contributed by atoms with Crippen molar-refractivity contribution in [2.45, 2.75) is 12.8 Å². The van der Waals surface area contributed by atoms with E-state index >= 15 is 0 Å². The van der Waals surface area contributed by atoms with Gasteiger partial charge in [0.05, 0.1) is 18.2 Å². The highest BCUT2D eigenvalue weighted by molar-refractivity contribution is 7.14. The van der Waals surface area contributed by atoms with Crippen LogP contribution in [0.25, 0.3) is 11.3 Å². The molecule has 3 N–H and O–H groups in total. The van der Waals surface area contributed by atoms with Crippen LogP contribution in [-0.4, -0.2) is 24.1 Å². The number of hydrogen-bond donors (Lipinski definition) is 2. The minimum Gasteiger partial charge on any atom is -0.399 e. The van der Waals surface area contributed by atoms with E-state index in [0.29, 0.717) is 11.7 Å². The van der Waals surface area contributed by atoms with Gasteiger partial charge in [-0.15, -0.1) is 11.3 Å². The van der Waals surface area contributed by atoms with Crippen LogP contribution < -0.4 is 11.1 Å². The summed E-state index contributed by atoms with van der Waals surface area (Å²) < 4.78 is 5.34. The van der Waals surface area contributed by atoms with Gasteiger partial charge >= 0.3 is 0 Å². The molecule has 5 nitrogen and oxygen atoms in total. The molecule has 1 atom stereocenters. The Balaban J connectivity index is 1.67. The summed E-state index contributed by atoms with van der Waals surface area (Å²) in [4.78, 5) is 16.6. The van der Waals surface area contributed by atoms with Gasteiger partial charge in [0.2, 0.25) is 5.91 Å². The molecule has 1 aromatic heterocycles. The second-order valence-electron chi connectivity index (χ2n) is 5.06.